The van der Waals surface area contributed by atoms with Crippen molar-refractivity contribution in [1.29, 1.82) is 0 Å². The summed E-state index contributed by atoms with van der Waals surface area (Å²) in [6.45, 7) is 10.9. The highest BCUT2D eigenvalue weighted by molar-refractivity contribution is 5.80. The van der Waals surface area contributed by atoms with E-state index in [0.717, 1.165) is 44.2 Å². The molecule has 1 aromatic carbocycles. The van der Waals surface area contributed by atoms with Crippen LogP contribution in [0.3, 0.4) is 0 Å². The minimum absolute atomic E-state index is 0.140. The van der Waals surface area contributed by atoms with Crippen LogP contribution < -0.4 is 10.6 Å². The topological polar surface area (TPSA) is 63.5 Å². The van der Waals surface area contributed by atoms with Crippen molar-refractivity contribution >= 4 is 5.96 Å². The Bertz CT molecular complexity index is 814. The van der Waals surface area contributed by atoms with Gasteiger partial charge in [0.2, 0.25) is 0 Å². The molecule has 2 heterocycles. The molecule has 3 rings (SSSR count). The first-order chi connectivity index (χ1) is 14.0. The van der Waals surface area contributed by atoms with Gasteiger partial charge in [-0.1, -0.05) is 30.3 Å². The van der Waals surface area contributed by atoms with E-state index in [-0.39, 0.29) is 12.1 Å². The number of hydrogen-bond acceptors (Lipinski definition) is 3. The Morgan fingerprint density at radius 1 is 1.31 bits per heavy atom. The van der Waals surface area contributed by atoms with Crippen molar-refractivity contribution in [3.8, 4) is 0 Å². The van der Waals surface area contributed by atoms with Gasteiger partial charge in [-0.15, -0.1) is 0 Å². The minimum atomic E-state index is 0.140. The molecule has 6 nitrogen and oxygen atoms in total. The Balaban J connectivity index is 1.63. The van der Waals surface area contributed by atoms with Gasteiger partial charge in [-0.25, -0.2) is 0 Å². The molecule has 0 saturated carbocycles. The summed E-state index contributed by atoms with van der Waals surface area (Å²) in [6, 6.07) is 10.8. The highest BCUT2D eigenvalue weighted by Crippen LogP contribution is 2.34. The van der Waals surface area contributed by atoms with Crippen LogP contribution in [0.15, 0.2) is 35.3 Å². The Labute approximate surface area is 174 Å². The van der Waals surface area contributed by atoms with Crippen molar-refractivity contribution in [3.05, 3.63) is 52.8 Å². The molecule has 0 radical (unpaired) electrons. The summed E-state index contributed by atoms with van der Waals surface area (Å²) in [5.74, 6) is 1.28. The second-order valence-corrected chi connectivity index (χ2v) is 7.99. The number of guanidine groups is 1. The molecule has 1 fully saturated rings. The lowest BCUT2D eigenvalue weighted by Gasteiger charge is -2.20. The van der Waals surface area contributed by atoms with E-state index in [0.29, 0.717) is 5.92 Å². The van der Waals surface area contributed by atoms with E-state index in [9.17, 15) is 0 Å². The monoisotopic (exact) mass is 397 g/mol. The van der Waals surface area contributed by atoms with Gasteiger partial charge < -0.3 is 15.4 Å². The molecule has 29 heavy (non-hydrogen) atoms. The van der Waals surface area contributed by atoms with Gasteiger partial charge in [-0.05, 0) is 51.7 Å². The van der Waals surface area contributed by atoms with Gasteiger partial charge >= 0.3 is 0 Å². The zero-order valence-corrected chi connectivity index (χ0v) is 18.4. The summed E-state index contributed by atoms with van der Waals surface area (Å²) < 4.78 is 7.97. The summed E-state index contributed by atoms with van der Waals surface area (Å²) in [4.78, 5) is 4.90. The maximum Gasteiger partial charge on any atom is 0.191 e. The normalized spacial score (nSPS) is 20.7. The average molecular weight is 398 g/mol. The zero-order chi connectivity index (χ0) is 20.8. The second-order valence-electron chi connectivity index (χ2n) is 7.99. The molecule has 0 spiro atoms. The fraction of sp³-hybridized carbons (Fsp3) is 0.565. The fourth-order valence-electron chi connectivity index (χ4n) is 4.06. The summed E-state index contributed by atoms with van der Waals surface area (Å²) in [7, 11) is 2.00. The lowest BCUT2D eigenvalue weighted by molar-refractivity contribution is 0.0925. The predicted octanol–water partition coefficient (Wildman–Crippen LogP) is 3.30. The zero-order valence-electron chi connectivity index (χ0n) is 18.4. The molecule has 1 aliphatic heterocycles. The third-order valence-corrected chi connectivity index (χ3v) is 5.72. The number of rotatable bonds is 7. The second kappa shape index (κ2) is 9.92. The maximum absolute atomic E-state index is 6.01. The molecule has 1 saturated heterocycles. The number of aromatic nitrogens is 2. The Hall–Kier alpha value is -2.34. The third-order valence-electron chi connectivity index (χ3n) is 5.72. The van der Waals surface area contributed by atoms with E-state index in [1.165, 1.54) is 16.8 Å². The van der Waals surface area contributed by atoms with Crippen molar-refractivity contribution < 1.29 is 4.74 Å². The molecule has 0 bridgehead atoms. The predicted molar refractivity (Wildman–Crippen MR) is 118 cm³/mol. The van der Waals surface area contributed by atoms with Gasteiger partial charge in [0.25, 0.3) is 0 Å². The number of aryl methyl sites for hydroxylation is 2. The number of aliphatic imine (C=N–C) groups is 1. The third kappa shape index (κ3) is 5.38. The molecule has 0 aliphatic carbocycles. The van der Waals surface area contributed by atoms with Crippen LogP contribution in [0, 0.1) is 19.8 Å². The van der Waals surface area contributed by atoms with E-state index in [1.54, 1.807) is 0 Å². The number of hydrogen-bond donors (Lipinski definition) is 2. The maximum atomic E-state index is 6.01. The number of ether oxygens (including phenoxy) is 1. The van der Waals surface area contributed by atoms with E-state index < -0.39 is 0 Å². The van der Waals surface area contributed by atoms with Crippen LogP contribution in [0.25, 0.3) is 0 Å². The molecule has 0 amide bonds. The molecular formula is C23H35N5O. The molecule has 1 aromatic heterocycles. The minimum Gasteiger partial charge on any atom is -0.373 e. The lowest BCUT2D eigenvalue weighted by atomic mass is 9.95. The van der Waals surface area contributed by atoms with Crippen molar-refractivity contribution in [2.45, 2.75) is 52.7 Å². The van der Waals surface area contributed by atoms with Gasteiger partial charge in [0, 0.05) is 44.4 Å². The van der Waals surface area contributed by atoms with Crippen molar-refractivity contribution in [2.24, 2.45) is 18.0 Å². The van der Waals surface area contributed by atoms with E-state index in [1.807, 2.05) is 17.8 Å². The van der Waals surface area contributed by atoms with Crippen LogP contribution in [-0.4, -0.2) is 41.5 Å². The van der Waals surface area contributed by atoms with E-state index in [2.05, 4.69) is 67.7 Å². The number of benzene rings is 1. The Kier molecular flexibility index (Phi) is 7.31. The molecule has 158 valence electrons. The lowest BCUT2D eigenvalue weighted by Crippen LogP contribution is -2.43. The fourth-order valence-corrected chi connectivity index (χ4v) is 4.06. The van der Waals surface area contributed by atoms with Gasteiger partial charge in [0.1, 0.15) is 0 Å². The first-order valence-electron chi connectivity index (χ1n) is 10.7. The molecule has 3 unspecified atom stereocenters. The average Bonchev–Trinajstić information content (AvgIpc) is 3.27. The van der Waals surface area contributed by atoms with Gasteiger partial charge in [-0.2, -0.15) is 5.10 Å². The first-order valence-corrected chi connectivity index (χ1v) is 10.7. The van der Waals surface area contributed by atoms with Gasteiger partial charge in [0.05, 0.1) is 11.8 Å². The van der Waals surface area contributed by atoms with Crippen LogP contribution in [0.1, 0.15) is 48.9 Å². The summed E-state index contributed by atoms with van der Waals surface area (Å²) in [5.41, 5.74) is 4.90. The van der Waals surface area contributed by atoms with Crippen LogP contribution in [-0.2, 0) is 18.2 Å². The van der Waals surface area contributed by atoms with Gasteiger partial charge in [-0.3, -0.25) is 9.67 Å². The van der Waals surface area contributed by atoms with Crippen molar-refractivity contribution in [1.82, 2.24) is 20.4 Å². The van der Waals surface area contributed by atoms with Crippen LogP contribution in [0.2, 0.25) is 0 Å². The van der Waals surface area contributed by atoms with Crippen molar-refractivity contribution in [2.75, 3.05) is 19.7 Å². The smallest absolute Gasteiger partial charge is 0.191 e. The van der Waals surface area contributed by atoms with Gasteiger partial charge in [0.15, 0.2) is 5.96 Å². The van der Waals surface area contributed by atoms with Crippen LogP contribution in [0.5, 0.6) is 0 Å². The summed E-state index contributed by atoms with van der Waals surface area (Å²) >= 11 is 0. The molecule has 1 aliphatic rings. The van der Waals surface area contributed by atoms with Crippen LogP contribution >= 0.6 is 0 Å². The first kappa shape index (κ1) is 21.4. The SMILES string of the molecule is CCNC(=NCC1CCOC1c1ccccc1)NC(C)Cc1c(C)nn(C)c1C. The molecule has 2 N–H and O–H groups in total. The van der Waals surface area contributed by atoms with Crippen LogP contribution in [0.4, 0.5) is 0 Å². The summed E-state index contributed by atoms with van der Waals surface area (Å²) in [5, 5.41) is 11.5. The standard InChI is InChI=1S/C23H35N5O/c1-6-24-23(26-16(2)14-21-17(3)27-28(5)18(21)4)25-15-20-12-13-29-22(20)19-10-8-7-9-11-19/h7-11,16,20,22H,6,12-15H2,1-5H3,(H2,24,25,26). The van der Waals surface area contributed by atoms with E-state index in [4.69, 9.17) is 9.73 Å². The summed E-state index contributed by atoms with van der Waals surface area (Å²) in [6.07, 6.45) is 2.11. The van der Waals surface area contributed by atoms with E-state index >= 15 is 0 Å². The Morgan fingerprint density at radius 2 is 2.07 bits per heavy atom. The van der Waals surface area contributed by atoms with Crippen molar-refractivity contribution in [3.63, 3.8) is 0 Å². The molecule has 2 aromatic rings. The largest absolute Gasteiger partial charge is 0.373 e. The number of nitrogens with zero attached hydrogens (tertiary/aromatic N) is 3. The molecular weight excluding hydrogens is 362 g/mol. The number of nitrogens with one attached hydrogen (secondary N) is 2. The quantitative estimate of drug-likeness (QED) is 0.556. The molecule has 3 atom stereocenters. The highest BCUT2D eigenvalue weighted by Gasteiger charge is 2.29. The molecule has 6 heteroatoms. The Morgan fingerprint density at radius 3 is 2.72 bits per heavy atom. The highest BCUT2D eigenvalue weighted by atomic mass is 16.5.